The van der Waals surface area contributed by atoms with Crippen LogP contribution in [0.1, 0.15) is 26.2 Å². The molecule has 0 aromatic rings. The monoisotopic (exact) mass is 159 g/mol. The quantitative estimate of drug-likeness (QED) is 0.586. The van der Waals surface area contributed by atoms with Crippen molar-refractivity contribution in [1.82, 2.24) is 5.32 Å². The SMILES string of the molecule is CCCCNC(=O)CCOC. The van der Waals surface area contributed by atoms with Crippen LogP contribution in [-0.4, -0.2) is 26.2 Å². The lowest BCUT2D eigenvalue weighted by Gasteiger charge is -2.02. The minimum Gasteiger partial charge on any atom is -0.384 e. The first-order chi connectivity index (χ1) is 5.31. The van der Waals surface area contributed by atoms with Gasteiger partial charge in [-0.2, -0.15) is 0 Å². The van der Waals surface area contributed by atoms with E-state index in [-0.39, 0.29) is 5.91 Å². The highest BCUT2D eigenvalue weighted by molar-refractivity contribution is 5.75. The number of methoxy groups -OCH3 is 1. The maximum absolute atomic E-state index is 10.9. The molecule has 0 fully saturated rings. The van der Waals surface area contributed by atoms with Crippen LogP contribution in [0.25, 0.3) is 0 Å². The molecule has 0 saturated heterocycles. The van der Waals surface area contributed by atoms with Crippen LogP contribution in [0.5, 0.6) is 0 Å². The first kappa shape index (κ1) is 10.4. The van der Waals surface area contributed by atoms with Crippen LogP contribution in [-0.2, 0) is 9.53 Å². The number of rotatable bonds is 6. The van der Waals surface area contributed by atoms with Crippen LogP contribution in [0, 0.1) is 0 Å². The number of hydrogen-bond donors (Lipinski definition) is 1. The van der Waals surface area contributed by atoms with Gasteiger partial charge >= 0.3 is 0 Å². The smallest absolute Gasteiger partial charge is 0.222 e. The minimum absolute atomic E-state index is 0.0836. The van der Waals surface area contributed by atoms with Gasteiger partial charge in [0.25, 0.3) is 0 Å². The maximum atomic E-state index is 10.9. The van der Waals surface area contributed by atoms with Gasteiger partial charge in [-0.3, -0.25) is 4.79 Å². The first-order valence-corrected chi connectivity index (χ1v) is 4.07. The van der Waals surface area contributed by atoms with E-state index in [9.17, 15) is 4.79 Å². The predicted molar refractivity (Wildman–Crippen MR) is 44.4 cm³/mol. The molecule has 0 spiro atoms. The summed E-state index contributed by atoms with van der Waals surface area (Å²) in [5, 5.41) is 2.80. The lowest BCUT2D eigenvalue weighted by Crippen LogP contribution is -2.25. The lowest BCUT2D eigenvalue weighted by molar-refractivity contribution is -0.121. The van der Waals surface area contributed by atoms with Crippen LogP contribution in [0.15, 0.2) is 0 Å². The summed E-state index contributed by atoms with van der Waals surface area (Å²) in [6.07, 6.45) is 2.64. The number of carbonyl (C=O) groups is 1. The van der Waals surface area contributed by atoms with Crippen LogP contribution < -0.4 is 5.32 Å². The van der Waals surface area contributed by atoms with E-state index in [4.69, 9.17) is 4.74 Å². The molecule has 0 aliphatic heterocycles. The molecule has 1 amide bonds. The molecule has 0 radical (unpaired) electrons. The molecule has 0 aliphatic carbocycles. The number of nitrogens with one attached hydrogen (secondary N) is 1. The van der Waals surface area contributed by atoms with E-state index in [1.807, 2.05) is 0 Å². The normalized spacial score (nSPS) is 9.64. The Bertz CT molecular complexity index is 104. The van der Waals surface area contributed by atoms with E-state index in [2.05, 4.69) is 12.2 Å². The molecular formula is C8H17NO2. The average Bonchev–Trinajstić information content (AvgIpc) is 2.01. The van der Waals surface area contributed by atoms with Gasteiger partial charge in [0, 0.05) is 20.1 Å². The summed E-state index contributed by atoms with van der Waals surface area (Å²) in [5.74, 6) is 0.0836. The Hall–Kier alpha value is -0.570. The van der Waals surface area contributed by atoms with Gasteiger partial charge in [0.1, 0.15) is 0 Å². The summed E-state index contributed by atoms with van der Waals surface area (Å²) in [6.45, 7) is 3.40. The third-order valence-electron chi connectivity index (χ3n) is 1.39. The molecule has 3 nitrogen and oxygen atoms in total. The van der Waals surface area contributed by atoms with Gasteiger partial charge in [-0.1, -0.05) is 13.3 Å². The van der Waals surface area contributed by atoms with E-state index in [0.717, 1.165) is 19.4 Å². The summed E-state index contributed by atoms with van der Waals surface area (Å²) in [7, 11) is 1.60. The van der Waals surface area contributed by atoms with Gasteiger partial charge in [-0.15, -0.1) is 0 Å². The molecule has 0 rings (SSSR count). The van der Waals surface area contributed by atoms with Gasteiger partial charge < -0.3 is 10.1 Å². The summed E-state index contributed by atoms with van der Waals surface area (Å²) < 4.78 is 4.76. The number of hydrogen-bond acceptors (Lipinski definition) is 2. The molecule has 1 N–H and O–H groups in total. The van der Waals surface area contributed by atoms with Crippen LogP contribution in [0.2, 0.25) is 0 Å². The Labute approximate surface area is 68.1 Å². The highest BCUT2D eigenvalue weighted by Gasteiger charge is 1.97. The van der Waals surface area contributed by atoms with E-state index in [0.29, 0.717) is 13.0 Å². The largest absolute Gasteiger partial charge is 0.384 e. The van der Waals surface area contributed by atoms with Gasteiger partial charge in [-0.05, 0) is 6.42 Å². The van der Waals surface area contributed by atoms with E-state index in [1.54, 1.807) is 7.11 Å². The Kier molecular flexibility index (Phi) is 7.15. The highest BCUT2D eigenvalue weighted by atomic mass is 16.5. The van der Waals surface area contributed by atoms with Crippen LogP contribution in [0.4, 0.5) is 0 Å². The van der Waals surface area contributed by atoms with Crippen molar-refractivity contribution in [2.24, 2.45) is 0 Å². The molecule has 0 saturated carbocycles. The Balaban J connectivity index is 3.09. The van der Waals surface area contributed by atoms with Gasteiger partial charge in [0.2, 0.25) is 5.91 Å². The second-order valence-electron chi connectivity index (χ2n) is 2.45. The second kappa shape index (κ2) is 7.54. The molecule has 0 unspecified atom stereocenters. The lowest BCUT2D eigenvalue weighted by atomic mass is 10.3. The molecule has 3 heteroatoms. The Morgan fingerprint density at radius 3 is 2.82 bits per heavy atom. The van der Waals surface area contributed by atoms with Crippen molar-refractivity contribution >= 4 is 5.91 Å². The van der Waals surface area contributed by atoms with Crippen molar-refractivity contribution in [3.63, 3.8) is 0 Å². The van der Waals surface area contributed by atoms with Crippen LogP contribution >= 0.6 is 0 Å². The maximum Gasteiger partial charge on any atom is 0.222 e. The molecule has 0 bridgehead atoms. The Morgan fingerprint density at radius 2 is 2.27 bits per heavy atom. The van der Waals surface area contributed by atoms with Crippen LogP contribution in [0.3, 0.4) is 0 Å². The number of unbranched alkanes of at least 4 members (excludes halogenated alkanes) is 1. The fraction of sp³-hybridized carbons (Fsp3) is 0.875. The predicted octanol–water partition coefficient (Wildman–Crippen LogP) is 0.939. The topological polar surface area (TPSA) is 38.3 Å². The van der Waals surface area contributed by atoms with Gasteiger partial charge in [0.05, 0.1) is 6.61 Å². The molecular weight excluding hydrogens is 142 g/mol. The third-order valence-corrected chi connectivity index (χ3v) is 1.39. The van der Waals surface area contributed by atoms with Crippen molar-refractivity contribution in [2.75, 3.05) is 20.3 Å². The fourth-order valence-electron chi connectivity index (χ4n) is 0.688. The summed E-state index contributed by atoms with van der Waals surface area (Å²) in [4.78, 5) is 10.9. The summed E-state index contributed by atoms with van der Waals surface area (Å²) in [6, 6.07) is 0. The second-order valence-corrected chi connectivity index (χ2v) is 2.45. The molecule has 0 atom stereocenters. The zero-order valence-electron chi connectivity index (χ0n) is 7.35. The van der Waals surface area contributed by atoms with Crippen molar-refractivity contribution in [1.29, 1.82) is 0 Å². The summed E-state index contributed by atoms with van der Waals surface area (Å²) in [5.41, 5.74) is 0. The van der Waals surface area contributed by atoms with Gasteiger partial charge in [0.15, 0.2) is 0 Å². The van der Waals surface area contributed by atoms with Gasteiger partial charge in [-0.25, -0.2) is 0 Å². The molecule has 0 heterocycles. The number of ether oxygens (including phenoxy) is 1. The number of amides is 1. The molecule has 11 heavy (non-hydrogen) atoms. The van der Waals surface area contributed by atoms with Crippen molar-refractivity contribution in [3.05, 3.63) is 0 Å². The highest BCUT2D eigenvalue weighted by Crippen LogP contribution is 1.84. The van der Waals surface area contributed by atoms with Crippen molar-refractivity contribution < 1.29 is 9.53 Å². The average molecular weight is 159 g/mol. The molecule has 66 valence electrons. The van der Waals surface area contributed by atoms with E-state index in [1.165, 1.54) is 0 Å². The third kappa shape index (κ3) is 7.33. The number of carbonyl (C=O) groups excluding carboxylic acids is 1. The van der Waals surface area contributed by atoms with Crippen molar-refractivity contribution in [2.45, 2.75) is 26.2 Å². The van der Waals surface area contributed by atoms with E-state index >= 15 is 0 Å². The molecule has 0 aliphatic rings. The standard InChI is InChI=1S/C8H17NO2/c1-3-4-6-9-8(10)5-7-11-2/h3-7H2,1-2H3,(H,9,10). The van der Waals surface area contributed by atoms with Crippen molar-refractivity contribution in [3.8, 4) is 0 Å². The molecule has 0 aromatic carbocycles. The molecule has 0 aromatic heterocycles. The zero-order valence-corrected chi connectivity index (χ0v) is 7.35. The first-order valence-electron chi connectivity index (χ1n) is 4.07. The Morgan fingerprint density at radius 1 is 1.55 bits per heavy atom. The van der Waals surface area contributed by atoms with E-state index < -0.39 is 0 Å². The fourth-order valence-corrected chi connectivity index (χ4v) is 0.688. The minimum atomic E-state index is 0.0836. The zero-order chi connectivity index (χ0) is 8.53. The summed E-state index contributed by atoms with van der Waals surface area (Å²) >= 11 is 0.